The molecule has 1 N–H and O–H groups in total. The van der Waals surface area contributed by atoms with Crippen LogP contribution in [0.3, 0.4) is 0 Å². The Morgan fingerprint density at radius 2 is 1.89 bits per heavy atom. The highest BCUT2D eigenvalue weighted by atomic mass is 32.2. The Balaban J connectivity index is 2.67. The maximum atomic E-state index is 12.1. The number of carboxylic acids is 1. The van der Waals surface area contributed by atoms with Crippen LogP contribution in [0.15, 0.2) is 30.3 Å². The van der Waals surface area contributed by atoms with Gasteiger partial charge in [0.05, 0.1) is 0 Å². The van der Waals surface area contributed by atoms with Crippen molar-refractivity contribution in [1.82, 2.24) is 0 Å². The van der Waals surface area contributed by atoms with E-state index in [2.05, 4.69) is 0 Å². The van der Waals surface area contributed by atoms with Crippen molar-refractivity contribution in [2.45, 2.75) is 19.3 Å². The summed E-state index contributed by atoms with van der Waals surface area (Å²) in [5, 5.41) is 8.67. The van der Waals surface area contributed by atoms with Crippen molar-refractivity contribution >= 4 is 29.3 Å². The maximum absolute atomic E-state index is 12.1. The standard InChI is InChI=1S/C14H19NO3S/c1-19-11-9-13(16)15(10-5-8-14(17)18)12-6-3-2-4-7-12/h2-4,6-7H,5,8-11H2,1H3,(H,17,18). The van der Waals surface area contributed by atoms with E-state index in [4.69, 9.17) is 5.11 Å². The van der Waals surface area contributed by atoms with Crippen LogP contribution in [0.25, 0.3) is 0 Å². The molecule has 0 bridgehead atoms. The molecule has 104 valence electrons. The summed E-state index contributed by atoms with van der Waals surface area (Å²) in [6, 6.07) is 9.39. The fraction of sp³-hybridized carbons (Fsp3) is 0.429. The summed E-state index contributed by atoms with van der Waals surface area (Å²) < 4.78 is 0. The van der Waals surface area contributed by atoms with Gasteiger partial charge in [0.1, 0.15) is 0 Å². The molecule has 0 fully saturated rings. The Hall–Kier alpha value is -1.49. The number of thioether (sulfide) groups is 1. The lowest BCUT2D eigenvalue weighted by molar-refractivity contribution is -0.137. The quantitative estimate of drug-likeness (QED) is 0.796. The van der Waals surface area contributed by atoms with Gasteiger partial charge in [-0.05, 0) is 24.8 Å². The first-order valence-corrected chi connectivity index (χ1v) is 7.60. The van der Waals surface area contributed by atoms with Gasteiger partial charge in [0.15, 0.2) is 0 Å². The number of hydrogen-bond donors (Lipinski definition) is 1. The number of amides is 1. The van der Waals surface area contributed by atoms with Crippen LogP contribution in [0.1, 0.15) is 19.3 Å². The van der Waals surface area contributed by atoms with E-state index in [1.54, 1.807) is 16.7 Å². The van der Waals surface area contributed by atoms with Crippen LogP contribution in [-0.4, -0.2) is 35.5 Å². The zero-order valence-electron chi connectivity index (χ0n) is 11.0. The predicted molar refractivity (Wildman–Crippen MR) is 78.7 cm³/mol. The van der Waals surface area contributed by atoms with Crippen LogP contribution < -0.4 is 4.90 Å². The van der Waals surface area contributed by atoms with Gasteiger partial charge in [-0.15, -0.1) is 0 Å². The van der Waals surface area contributed by atoms with E-state index in [1.165, 1.54) is 0 Å². The topological polar surface area (TPSA) is 57.6 Å². The summed E-state index contributed by atoms with van der Waals surface area (Å²) in [4.78, 5) is 24.4. The molecule has 4 nitrogen and oxygen atoms in total. The lowest BCUT2D eigenvalue weighted by Crippen LogP contribution is -2.32. The number of nitrogens with zero attached hydrogens (tertiary/aromatic N) is 1. The molecular formula is C14H19NO3S. The highest BCUT2D eigenvalue weighted by molar-refractivity contribution is 7.98. The highest BCUT2D eigenvalue weighted by Crippen LogP contribution is 2.16. The van der Waals surface area contributed by atoms with Gasteiger partial charge in [-0.25, -0.2) is 0 Å². The number of para-hydroxylation sites is 1. The fourth-order valence-corrected chi connectivity index (χ4v) is 2.10. The fourth-order valence-electron chi connectivity index (χ4n) is 1.72. The van der Waals surface area contributed by atoms with E-state index in [0.29, 0.717) is 19.4 Å². The van der Waals surface area contributed by atoms with Crippen LogP contribution in [0.5, 0.6) is 0 Å². The second-order valence-electron chi connectivity index (χ2n) is 4.12. The van der Waals surface area contributed by atoms with E-state index >= 15 is 0 Å². The van der Waals surface area contributed by atoms with Gasteiger partial charge < -0.3 is 10.0 Å². The molecular weight excluding hydrogens is 262 g/mol. The average molecular weight is 281 g/mol. The smallest absolute Gasteiger partial charge is 0.303 e. The molecule has 0 aliphatic carbocycles. The summed E-state index contributed by atoms with van der Waals surface area (Å²) in [7, 11) is 0. The highest BCUT2D eigenvalue weighted by Gasteiger charge is 2.15. The van der Waals surface area contributed by atoms with Crippen molar-refractivity contribution < 1.29 is 14.7 Å². The van der Waals surface area contributed by atoms with Crippen molar-refractivity contribution in [3.8, 4) is 0 Å². The Morgan fingerprint density at radius 3 is 2.47 bits per heavy atom. The first-order valence-electron chi connectivity index (χ1n) is 6.21. The lowest BCUT2D eigenvalue weighted by atomic mass is 10.2. The molecule has 0 radical (unpaired) electrons. The van der Waals surface area contributed by atoms with Gasteiger partial charge >= 0.3 is 5.97 Å². The van der Waals surface area contributed by atoms with Crippen LogP contribution in [-0.2, 0) is 9.59 Å². The van der Waals surface area contributed by atoms with Crippen molar-refractivity contribution in [2.24, 2.45) is 0 Å². The molecule has 19 heavy (non-hydrogen) atoms. The monoisotopic (exact) mass is 281 g/mol. The van der Waals surface area contributed by atoms with Gasteiger partial charge in [0.25, 0.3) is 0 Å². The molecule has 0 unspecified atom stereocenters. The van der Waals surface area contributed by atoms with Crippen molar-refractivity contribution in [3.63, 3.8) is 0 Å². The number of hydrogen-bond acceptors (Lipinski definition) is 3. The van der Waals surface area contributed by atoms with Gasteiger partial charge in [-0.3, -0.25) is 9.59 Å². The normalized spacial score (nSPS) is 10.2. The molecule has 0 atom stereocenters. The number of rotatable bonds is 8. The van der Waals surface area contributed by atoms with E-state index < -0.39 is 5.97 Å². The first kappa shape index (κ1) is 15.6. The second kappa shape index (κ2) is 8.58. The minimum Gasteiger partial charge on any atom is -0.481 e. The Kier molecular flexibility index (Phi) is 7.03. The van der Waals surface area contributed by atoms with Crippen LogP contribution in [0.2, 0.25) is 0 Å². The third-order valence-electron chi connectivity index (χ3n) is 2.66. The maximum Gasteiger partial charge on any atom is 0.303 e. The number of carboxylic acid groups (broad SMARTS) is 1. The Bertz CT molecular complexity index is 408. The zero-order valence-corrected chi connectivity index (χ0v) is 11.9. The molecule has 1 amide bonds. The molecule has 0 aromatic heterocycles. The third kappa shape index (κ3) is 5.79. The van der Waals surface area contributed by atoms with E-state index in [9.17, 15) is 9.59 Å². The minimum atomic E-state index is -0.829. The number of anilines is 1. The van der Waals surface area contributed by atoms with E-state index in [1.807, 2.05) is 36.6 Å². The molecule has 0 aliphatic heterocycles. The minimum absolute atomic E-state index is 0.0472. The zero-order chi connectivity index (χ0) is 14.1. The molecule has 0 saturated carbocycles. The molecule has 0 heterocycles. The van der Waals surface area contributed by atoms with Crippen molar-refractivity contribution in [3.05, 3.63) is 30.3 Å². The van der Waals surface area contributed by atoms with E-state index in [0.717, 1.165) is 11.4 Å². The molecule has 1 aromatic rings. The van der Waals surface area contributed by atoms with Crippen LogP contribution in [0, 0.1) is 0 Å². The molecule has 0 aliphatic rings. The SMILES string of the molecule is CSCCC(=O)N(CCCC(=O)O)c1ccccc1. The summed E-state index contributed by atoms with van der Waals surface area (Å²) in [6.45, 7) is 0.448. The number of aliphatic carboxylic acids is 1. The van der Waals surface area contributed by atoms with Gasteiger partial charge in [0.2, 0.25) is 5.91 Å². The largest absolute Gasteiger partial charge is 0.481 e. The number of carbonyl (C=O) groups excluding carboxylic acids is 1. The van der Waals surface area contributed by atoms with Crippen LogP contribution in [0.4, 0.5) is 5.69 Å². The van der Waals surface area contributed by atoms with Gasteiger partial charge in [-0.1, -0.05) is 18.2 Å². The summed E-state index contributed by atoms with van der Waals surface area (Å²) in [5.74, 6) is -0.00307. The van der Waals surface area contributed by atoms with Gasteiger partial charge in [-0.2, -0.15) is 11.8 Å². The average Bonchev–Trinajstić information content (AvgIpc) is 2.41. The Morgan fingerprint density at radius 1 is 1.21 bits per heavy atom. The predicted octanol–water partition coefficient (Wildman–Crippen LogP) is 2.64. The summed E-state index contributed by atoms with van der Waals surface area (Å²) in [6.07, 6.45) is 2.99. The molecule has 0 saturated heterocycles. The second-order valence-corrected chi connectivity index (χ2v) is 5.11. The Labute approximate surface area is 117 Å². The summed E-state index contributed by atoms with van der Waals surface area (Å²) in [5.41, 5.74) is 0.832. The van der Waals surface area contributed by atoms with Crippen LogP contribution >= 0.6 is 11.8 Å². The van der Waals surface area contributed by atoms with E-state index in [-0.39, 0.29) is 12.3 Å². The summed E-state index contributed by atoms with van der Waals surface area (Å²) >= 11 is 1.63. The molecule has 0 spiro atoms. The molecule has 5 heteroatoms. The third-order valence-corrected chi connectivity index (χ3v) is 3.27. The van der Waals surface area contributed by atoms with Gasteiger partial charge in [0, 0.05) is 30.8 Å². The molecule has 1 aromatic carbocycles. The number of benzene rings is 1. The van der Waals surface area contributed by atoms with Crippen molar-refractivity contribution in [2.75, 3.05) is 23.5 Å². The lowest BCUT2D eigenvalue weighted by Gasteiger charge is -2.22. The molecule has 1 rings (SSSR count). The van der Waals surface area contributed by atoms with Crippen molar-refractivity contribution in [1.29, 1.82) is 0 Å². The first-order chi connectivity index (χ1) is 9.15. The number of carbonyl (C=O) groups is 2.